The lowest BCUT2D eigenvalue weighted by atomic mass is 9.82. The van der Waals surface area contributed by atoms with Crippen LogP contribution in [-0.2, 0) is 6.42 Å². The Morgan fingerprint density at radius 3 is 2.54 bits per heavy atom. The van der Waals surface area contributed by atoms with Gasteiger partial charge in [-0.2, -0.15) is 5.26 Å². The fourth-order valence-electron chi connectivity index (χ4n) is 3.48. The third-order valence-corrected chi connectivity index (χ3v) is 5.01. The van der Waals surface area contributed by atoms with Gasteiger partial charge in [0.25, 0.3) is 0 Å². The SMILES string of the molecule is CCCc1cnc(C2CCC(COc3ccc(C#N)cc3F)CC2)nc1. The first-order valence-electron chi connectivity index (χ1n) is 9.32. The number of halogens is 1. The molecule has 0 aliphatic heterocycles. The summed E-state index contributed by atoms with van der Waals surface area (Å²) < 4.78 is 19.5. The van der Waals surface area contributed by atoms with Crippen LogP contribution in [0.15, 0.2) is 30.6 Å². The summed E-state index contributed by atoms with van der Waals surface area (Å²) in [5.41, 5.74) is 1.50. The van der Waals surface area contributed by atoms with Crippen molar-refractivity contribution in [3.8, 4) is 11.8 Å². The number of hydrogen-bond acceptors (Lipinski definition) is 4. The molecule has 2 aromatic rings. The maximum absolute atomic E-state index is 13.9. The van der Waals surface area contributed by atoms with E-state index >= 15 is 0 Å². The number of nitriles is 1. The molecule has 0 amide bonds. The summed E-state index contributed by atoms with van der Waals surface area (Å²) in [6.07, 6.45) is 10.2. The van der Waals surface area contributed by atoms with Gasteiger partial charge < -0.3 is 4.74 Å². The first-order valence-corrected chi connectivity index (χ1v) is 9.32. The standard InChI is InChI=1S/C21H24FN3O/c1-2-3-17-12-24-21(25-13-17)18-7-4-15(5-8-18)14-26-20-9-6-16(11-23)10-19(20)22/h6,9-10,12-13,15,18H,2-5,7-8,14H2,1H3. The Hall–Kier alpha value is -2.48. The zero-order valence-electron chi connectivity index (χ0n) is 15.1. The molecule has 0 unspecified atom stereocenters. The molecule has 1 saturated carbocycles. The highest BCUT2D eigenvalue weighted by atomic mass is 19.1. The van der Waals surface area contributed by atoms with Crippen LogP contribution in [0.25, 0.3) is 0 Å². The first-order chi connectivity index (χ1) is 12.7. The van der Waals surface area contributed by atoms with Crippen LogP contribution in [0, 0.1) is 23.1 Å². The summed E-state index contributed by atoms with van der Waals surface area (Å²) in [5.74, 6) is 1.52. The number of hydrogen-bond donors (Lipinski definition) is 0. The highest BCUT2D eigenvalue weighted by Crippen LogP contribution is 2.34. The summed E-state index contributed by atoms with van der Waals surface area (Å²) >= 11 is 0. The van der Waals surface area contributed by atoms with Crippen molar-refractivity contribution in [2.24, 2.45) is 5.92 Å². The zero-order chi connectivity index (χ0) is 18.4. The Kier molecular flexibility index (Phi) is 6.17. The summed E-state index contributed by atoms with van der Waals surface area (Å²) in [7, 11) is 0. The molecule has 1 heterocycles. The van der Waals surface area contributed by atoms with Gasteiger partial charge in [-0.15, -0.1) is 0 Å². The van der Waals surface area contributed by atoms with E-state index in [0.29, 0.717) is 24.0 Å². The van der Waals surface area contributed by atoms with Crippen LogP contribution < -0.4 is 4.74 Å². The van der Waals surface area contributed by atoms with E-state index in [4.69, 9.17) is 10.00 Å². The smallest absolute Gasteiger partial charge is 0.166 e. The quantitative estimate of drug-likeness (QED) is 0.749. The Balaban J connectivity index is 1.48. The molecule has 0 spiro atoms. The molecule has 5 heteroatoms. The van der Waals surface area contributed by atoms with Gasteiger partial charge in [-0.1, -0.05) is 13.3 Å². The first kappa shape index (κ1) is 18.3. The van der Waals surface area contributed by atoms with Crippen LogP contribution in [0.5, 0.6) is 5.75 Å². The lowest BCUT2D eigenvalue weighted by Gasteiger charge is -2.27. The highest BCUT2D eigenvalue weighted by molar-refractivity contribution is 5.36. The van der Waals surface area contributed by atoms with Gasteiger partial charge in [0.1, 0.15) is 5.82 Å². The second-order valence-corrected chi connectivity index (χ2v) is 6.99. The number of ether oxygens (including phenoxy) is 1. The van der Waals surface area contributed by atoms with Crippen molar-refractivity contribution >= 4 is 0 Å². The molecule has 1 aromatic carbocycles. The number of nitrogens with zero attached hydrogens (tertiary/aromatic N) is 3. The average Bonchev–Trinajstić information content (AvgIpc) is 2.68. The minimum Gasteiger partial charge on any atom is -0.490 e. The molecule has 0 saturated heterocycles. The summed E-state index contributed by atoms with van der Waals surface area (Å²) in [6, 6.07) is 6.25. The molecule has 1 aliphatic rings. The third kappa shape index (κ3) is 4.57. The van der Waals surface area contributed by atoms with Crippen molar-refractivity contribution < 1.29 is 9.13 Å². The van der Waals surface area contributed by atoms with Crippen LogP contribution >= 0.6 is 0 Å². The van der Waals surface area contributed by atoms with Gasteiger partial charge in [0.2, 0.25) is 0 Å². The third-order valence-electron chi connectivity index (χ3n) is 5.01. The minimum atomic E-state index is -0.474. The number of aromatic nitrogens is 2. The molecule has 1 aromatic heterocycles. The summed E-state index contributed by atoms with van der Waals surface area (Å²) in [5, 5.41) is 8.78. The van der Waals surface area contributed by atoms with Crippen molar-refractivity contribution in [1.29, 1.82) is 5.26 Å². The van der Waals surface area contributed by atoms with Crippen LogP contribution in [0.2, 0.25) is 0 Å². The van der Waals surface area contributed by atoms with E-state index in [1.165, 1.54) is 17.7 Å². The largest absolute Gasteiger partial charge is 0.490 e. The molecule has 136 valence electrons. The fourth-order valence-corrected chi connectivity index (χ4v) is 3.48. The van der Waals surface area contributed by atoms with Crippen LogP contribution in [0.1, 0.15) is 61.9 Å². The number of benzene rings is 1. The van der Waals surface area contributed by atoms with Gasteiger partial charge in [0.05, 0.1) is 18.2 Å². The Bertz CT molecular complexity index is 762. The lowest BCUT2D eigenvalue weighted by molar-refractivity contribution is 0.192. The Morgan fingerprint density at radius 1 is 1.19 bits per heavy atom. The number of aryl methyl sites for hydroxylation is 1. The van der Waals surface area contributed by atoms with Crippen LogP contribution in [-0.4, -0.2) is 16.6 Å². The molecule has 0 N–H and O–H groups in total. The molecule has 1 aliphatic carbocycles. The van der Waals surface area contributed by atoms with Gasteiger partial charge >= 0.3 is 0 Å². The van der Waals surface area contributed by atoms with Gasteiger partial charge in [0.15, 0.2) is 11.6 Å². The van der Waals surface area contributed by atoms with E-state index in [9.17, 15) is 4.39 Å². The van der Waals surface area contributed by atoms with E-state index in [-0.39, 0.29) is 5.75 Å². The topological polar surface area (TPSA) is 58.8 Å². The molecule has 26 heavy (non-hydrogen) atoms. The molecule has 3 rings (SSSR count). The van der Waals surface area contributed by atoms with Crippen molar-refractivity contribution in [3.63, 3.8) is 0 Å². The van der Waals surface area contributed by atoms with Gasteiger partial charge in [-0.25, -0.2) is 14.4 Å². The van der Waals surface area contributed by atoms with E-state index in [0.717, 1.165) is 44.3 Å². The summed E-state index contributed by atoms with van der Waals surface area (Å²) in [6.45, 7) is 2.66. The molecule has 4 nitrogen and oxygen atoms in total. The molecular formula is C21H24FN3O. The van der Waals surface area contributed by atoms with Crippen molar-refractivity contribution in [1.82, 2.24) is 9.97 Å². The Labute approximate surface area is 154 Å². The van der Waals surface area contributed by atoms with E-state index in [1.807, 2.05) is 18.5 Å². The van der Waals surface area contributed by atoms with Crippen LogP contribution in [0.3, 0.4) is 0 Å². The monoisotopic (exact) mass is 353 g/mol. The highest BCUT2D eigenvalue weighted by Gasteiger charge is 2.24. The molecule has 0 bridgehead atoms. The second-order valence-electron chi connectivity index (χ2n) is 6.99. The maximum Gasteiger partial charge on any atom is 0.166 e. The predicted molar refractivity (Wildman–Crippen MR) is 97.3 cm³/mol. The average molecular weight is 353 g/mol. The minimum absolute atomic E-state index is 0.223. The lowest BCUT2D eigenvalue weighted by Crippen LogP contribution is -2.20. The van der Waals surface area contributed by atoms with Crippen LogP contribution in [0.4, 0.5) is 4.39 Å². The van der Waals surface area contributed by atoms with E-state index < -0.39 is 5.82 Å². The van der Waals surface area contributed by atoms with Crippen molar-refractivity contribution in [2.75, 3.05) is 6.61 Å². The molecular weight excluding hydrogens is 329 g/mol. The molecule has 0 atom stereocenters. The van der Waals surface area contributed by atoms with E-state index in [1.54, 1.807) is 6.07 Å². The molecule has 1 fully saturated rings. The second kappa shape index (κ2) is 8.75. The zero-order valence-corrected chi connectivity index (χ0v) is 15.1. The van der Waals surface area contributed by atoms with Crippen molar-refractivity contribution in [2.45, 2.75) is 51.4 Å². The Morgan fingerprint density at radius 2 is 1.92 bits per heavy atom. The van der Waals surface area contributed by atoms with Gasteiger partial charge in [-0.3, -0.25) is 0 Å². The normalized spacial score (nSPS) is 19.7. The van der Waals surface area contributed by atoms with Gasteiger partial charge in [0, 0.05) is 18.3 Å². The fraction of sp³-hybridized carbons (Fsp3) is 0.476. The molecule has 0 radical (unpaired) electrons. The van der Waals surface area contributed by atoms with E-state index in [2.05, 4.69) is 16.9 Å². The summed E-state index contributed by atoms with van der Waals surface area (Å²) in [4.78, 5) is 9.10. The maximum atomic E-state index is 13.9. The van der Waals surface area contributed by atoms with Crippen molar-refractivity contribution in [3.05, 3.63) is 53.4 Å². The van der Waals surface area contributed by atoms with Gasteiger partial charge in [-0.05, 0) is 61.8 Å². The number of rotatable bonds is 6. The predicted octanol–water partition coefficient (Wildman–Crippen LogP) is 4.79.